The highest BCUT2D eigenvalue weighted by Crippen LogP contribution is 2.20. The molecule has 1 aliphatic heterocycles. The lowest BCUT2D eigenvalue weighted by molar-refractivity contribution is 0.0954. The number of carbonyl (C=O) groups excluding carboxylic acids is 1. The SMILES string of the molecule is CN=C(NCCNC(=O)c1ccccc1)N1CCN(c2ccccc2F)CC1.I. The minimum absolute atomic E-state index is 0. The van der Waals surface area contributed by atoms with Crippen LogP contribution in [0.2, 0.25) is 0 Å². The summed E-state index contributed by atoms with van der Waals surface area (Å²) in [4.78, 5) is 20.6. The summed E-state index contributed by atoms with van der Waals surface area (Å²) in [6.07, 6.45) is 0. The van der Waals surface area contributed by atoms with Gasteiger partial charge in [-0.15, -0.1) is 24.0 Å². The molecule has 0 aliphatic carbocycles. The van der Waals surface area contributed by atoms with Crippen LogP contribution in [-0.2, 0) is 0 Å². The molecule has 0 atom stereocenters. The summed E-state index contributed by atoms with van der Waals surface area (Å²) in [7, 11) is 1.74. The van der Waals surface area contributed by atoms with Crippen LogP contribution >= 0.6 is 24.0 Å². The molecule has 0 spiro atoms. The number of hydrogen-bond acceptors (Lipinski definition) is 3. The quantitative estimate of drug-likeness (QED) is 0.281. The topological polar surface area (TPSA) is 60.0 Å². The van der Waals surface area contributed by atoms with Gasteiger partial charge in [0.2, 0.25) is 0 Å². The molecule has 8 heteroatoms. The van der Waals surface area contributed by atoms with Crippen molar-refractivity contribution in [3.63, 3.8) is 0 Å². The first-order valence-electron chi connectivity index (χ1n) is 9.47. The zero-order valence-corrected chi connectivity index (χ0v) is 18.8. The van der Waals surface area contributed by atoms with Crippen molar-refractivity contribution in [2.45, 2.75) is 0 Å². The summed E-state index contributed by atoms with van der Waals surface area (Å²) in [6, 6.07) is 16.0. The highest BCUT2D eigenvalue weighted by Gasteiger charge is 2.21. The van der Waals surface area contributed by atoms with Gasteiger partial charge in [0.1, 0.15) is 5.82 Å². The van der Waals surface area contributed by atoms with Crippen molar-refractivity contribution >= 4 is 41.5 Å². The molecule has 29 heavy (non-hydrogen) atoms. The van der Waals surface area contributed by atoms with Crippen molar-refractivity contribution in [1.82, 2.24) is 15.5 Å². The van der Waals surface area contributed by atoms with Gasteiger partial charge in [0.05, 0.1) is 5.69 Å². The van der Waals surface area contributed by atoms with E-state index in [1.807, 2.05) is 30.3 Å². The van der Waals surface area contributed by atoms with E-state index in [9.17, 15) is 9.18 Å². The van der Waals surface area contributed by atoms with E-state index >= 15 is 0 Å². The average Bonchev–Trinajstić information content (AvgIpc) is 2.75. The van der Waals surface area contributed by atoms with Gasteiger partial charge in [0.25, 0.3) is 5.91 Å². The fourth-order valence-electron chi connectivity index (χ4n) is 3.24. The number of nitrogens with one attached hydrogen (secondary N) is 2. The van der Waals surface area contributed by atoms with Crippen LogP contribution in [-0.4, -0.2) is 63.1 Å². The van der Waals surface area contributed by atoms with Crippen LogP contribution in [0, 0.1) is 5.82 Å². The Morgan fingerprint density at radius 3 is 2.24 bits per heavy atom. The normalized spacial score (nSPS) is 14.2. The van der Waals surface area contributed by atoms with Crippen LogP contribution in [0.15, 0.2) is 59.6 Å². The summed E-state index contributed by atoms with van der Waals surface area (Å²) < 4.78 is 14.0. The molecule has 2 aromatic carbocycles. The molecule has 2 N–H and O–H groups in total. The highest BCUT2D eigenvalue weighted by molar-refractivity contribution is 14.0. The lowest BCUT2D eigenvalue weighted by Crippen LogP contribution is -2.53. The molecule has 0 aromatic heterocycles. The Labute approximate surface area is 188 Å². The van der Waals surface area contributed by atoms with E-state index < -0.39 is 0 Å². The molecular formula is C21H27FIN5O. The van der Waals surface area contributed by atoms with E-state index in [1.165, 1.54) is 6.07 Å². The Bertz CT molecular complexity index is 810. The molecular weight excluding hydrogens is 484 g/mol. The second kappa shape index (κ2) is 11.6. The number of piperazine rings is 1. The van der Waals surface area contributed by atoms with E-state index in [0.717, 1.165) is 32.1 Å². The van der Waals surface area contributed by atoms with E-state index in [0.29, 0.717) is 24.3 Å². The smallest absolute Gasteiger partial charge is 0.251 e. The van der Waals surface area contributed by atoms with E-state index in [2.05, 4.69) is 25.4 Å². The molecule has 0 radical (unpaired) electrons. The predicted octanol–water partition coefficient (Wildman–Crippen LogP) is 2.57. The van der Waals surface area contributed by atoms with Gasteiger partial charge in [0.15, 0.2) is 5.96 Å². The Balaban J connectivity index is 0.00000300. The number of carbonyl (C=O) groups is 1. The number of benzene rings is 2. The molecule has 156 valence electrons. The molecule has 1 amide bonds. The maximum absolute atomic E-state index is 14.0. The molecule has 1 heterocycles. The maximum Gasteiger partial charge on any atom is 0.251 e. The van der Waals surface area contributed by atoms with Crippen LogP contribution in [0.5, 0.6) is 0 Å². The molecule has 1 aliphatic rings. The number of rotatable bonds is 5. The lowest BCUT2D eigenvalue weighted by Gasteiger charge is -2.37. The summed E-state index contributed by atoms with van der Waals surface area (Å²) in [5, 5.41) is 6.17. The second-order valence-corrected chi connectivity index (χ2v) is 6.52. The monoisotopic (exact) mass is 511 g/mol. The third-order valence-corrected chi connectivity index (χ3v) is 4.71. The summed E-state index contributed by atoms with van der Waals surface area (Å²) in [5.74, 6) is 0.519. The maximum atomic E-state index is 14.0. The summed E-state index contributed by atoms with van der Waals surface area (Å²) >= 11 is 0. The molecule has 6 nitrogen and oxygen atoms in total. The van der Waals surface area contributed by atoms with Gasteiger partial charge in [-0.05, 0) is 24.3 Å². The van der Waals surface area contributed by atoms with Crippen molar-refractivity contribution in [3.05, 3.63) is 66.0 Å². The number of anilines is 1. The first-order valence-corrected chi connectivity index (χ1v) is 9.47. The van der Waals surface area contributed by atoms with Crippen LogP contribution in [0.1, 0.15) is 10.4 Å². The minimum atomic E-state index is -0.187. The van der Waals surface area contributed by atoms with E-state index in [1.54, 1.807) is 25.2 Å². The summed E-state index contributed by atoms with van der Waals surface area (Å²) in [5.41, 5.74) is 1.30. The first kappa shape index (κ1) is 22.9. The van der Waals surface area contributed by atoms with Crippen molar-refractivity contribution in [3.8, 4) is 0 Å². The number of nitrogens with zero attached hydrogens (tertiary/aromatic N) is 3. The van der Waals surface area contributed by atoms with Gasteiger partial charge in [-0.1, -0.05) is 30.3 Å². The number of hydrogen-bond donors (Lipinski definition) is 2. The number of aliphatic imine (C=N–C) groups is 1. The molecule has 0 bridgehead atoms. The molecule has 3 rings (SSSR count). The average molecular weight is 511 g/mol. The zero-order chi connectivity index (χ0) is 19.8. The molecule has 1 fully saturated rings. The van der Waals surface area contributed by atoms with Crippen molar-refractivity contribution in [2.75, 3.05) is 51.2 Å². The van der Waals surface area contributed by atoms with Gasteiger partial charge in [-0.3, -0.25) is 9.79 Å². The zero-order valence-electron chi connectivity index (χ0n) is 16.5. The van der Waals surface area contributed by atoms with E-state index in [4.69, 9.17) is 0 Å². The Morgan fingerprint density at radius 1 is 0.966 bits per heavy atom. The molecule has 1 saturated heterocycles. The van der Waals surface area contributed by atoms with Gasteiger partial charge >= 0.3 is 0 Å². The first-order chi connectivity index (χ1) is 13.7. The van der Waals surface area contributed by atoms with Gasteiger partial charge in [-0.2, -0.15) is 0 Å². The van der Waals surface area contributed by atoms with Crippen molar-refractivity contribution in [1.29, 1.82) is 0 Å². The van der Waals surface area contributed by atoms with Gasteiger partial charge in [-0.25, -0.2) is 4.39 Å². The largest absolute Gasteiger partial charge is 0.366 e. The van der Waals surface area contributed by atoms with Crippen molar-refractivity contribution < 1.29 is 9.18 Å². The fourth-order valence-corrected chi connectivity index (χ4v) is 3.24. The standard InChI is InChI=1S/C21H26FN5O.HI/c1-23-21(25-12-11-24-20(28)17-7-3-2-4-8-17)27-15-13-26(14-16-27)19-10-6-5-9-18(19)22;/h2-10H,11-16H2,1H3,(H,23,25)(H,24,28);1H. The second-order valence-electron chi connectivity index (χ2n) is 6.52. The molecule has 0 saturated carbocycles. The van der Waals surface area contributed by atoms with Crippen LogP contribution < -0.4 is 15.5 Å². The fraction of sp³-hybridized carbons (Fsp3) is 0.333. The van der Waals surface area contributed by atoms with Crippen molar-refractivity contribution in [2.24, 2.45) is 4.99 Å². The Hall–Kier alpha value is -2.36. The predicted molar refractivity (Wildman–Crippen MR) is 126 cm³/mol. The van der Waals surface area contributed by atoms with Gasteiger partial charge in [0, 0.05) is 51.9 Å². The Kier molecular flexibility index (Phi) is 9.17. The van der Waals surface area contributed by atoms with Gasteiger partial charge < -0.3 is 20.4 Å². The minimum Gasteiger partial charge on any atom is -0.366 e. The third-order valence-electron chi connectivity index (χ3n) is 4.71. The van der Waals surface area contributed by atoms with Crippen LogP contribution in [0.25, 0.3) is 0 Å². The highest BCUT2D eigenvalue weighted by atomic mass is 127. The van der Waals surface area contributed by atoms with Crippen LogP contribution in [0.4, 0.5) is 10.1 Å². The number of para-hydroxylation sites is 1. The van der Waals surface area contributed by atoms with E-state index in [-0.39, 0.29) is 35.7 Å². The molecule has 2 aromatic rings. The third kappa shape index (κ3) is 6.31. The molecule has 0 unspecified atom stereocenters. The number of guanidine groups is 1. The summed E-state index contributed by atoms with van der Waals surface area (Å²) in [6.45, 7) is 4.05. The Morgan fingerprint density at radius 2 is 1.59 bits per heavy atom. The lowest BCUT2D eigenvalue weighted by atomic mass is 10.2. The number of amides is 1. The number of halogens is 2. The van der Waals surface area contributed by atoms with Crippen LogP contribution in [0.3, 0.4) is 0 Å².